The first-order chi connectivity index (χ1) is 10.0. The summed E-state index contributed by atoms with van der Waals surface area (Å²) in [6.07, 6.45) is 0. The second-order valence-corrected chi connectivity index (χ2v) is 4.34. The zero-order valence-corrected chi connectivity index (χ0v) is 11.6. The third-order valence-electron chi connectivity index (χ3n) is 3.14. The van der Waals surface area contributed by atoms with Crippen LogP contribution in [0.5, 0.6) is 5.75 Å². The molecule has 0 radical (unpaired) electrons. The summed E-state index contributed by atoms with van der Waals surface area (Å²) in [5.74, 6) is -1.92. The second kappa shape index (κ2) is 5.79. The topological polar surface area (TPSA) is 79.6 Å². The van der Waals surface area contributed by atoms with Gasteiger partial charge in [-0.2, -0.15) is 5.26 Å². The Kier molecular flexibility index (Phi) is 4.08. The maximum absolute atomic E-state index is 14.0. The number of hydrogen-bond donors (Lipinski definition) is 0. The molecule has 1 aromatic rings. The maximum Gasteiger partial charge on any atom is 0.325 e. The number of halogens is 1. The lowest BCUT2D eigenvalue weighted by Gasteiger charge is -2.18. The van der Waals surface area contributed by atoms with Crippen molar-refractivity contribution in [2.24, 2.45) is 0 Å². The molecule has 21 heavy (non-hydrogen) atoms. The Bertz CT molecular complexity index is 639. The van der Waals surface area contributed by atoms with E-state index in [1.807, 2.05) is 6.07 Å². The quantitative estimate of drug-likeness (QED) is 0.784. The second-order valence-electron chi connectivity index (χ2n) is 4.34. The van der Waals surface area contributed by atoms with Gasteiger partial charge >= 0.3 is 5.97 Å². The zero-order valence-electron chi connectivity index (χ0n) is 11.6. The third kappa shape index (κ3) is 2.52. The SMILES string of the molecule is CCOC(=O)CN1C(=O)c2c(F)cc(OC)cc2C1C#N. The van der Waals surface area contributed by atoms with E-state index in [9.17, 15) is 19.2 Å². The molecule has 0 saturated heterocycles. The summed E-state index contributed by atoms with van der Waals surface area (Å²) >= 11 is 0. The molecule has 0 saturated carbocycles. The van der Waals surface area contributed by atoms with Gasteiger partial charge < -0.3 is 14.4 Å². The fraction of sp³-hybridized carbons (Fsp3) is 0.357. The Hall–Kier alpha value is -2.62. The number of rotatable bonds is 4. The molecule has 1 aromatic carbocycles. The van der Waals surface area contributed by atoms with E-state index in [1.54, 1.807) is 6.92 Å². The van der Waals surface area contributed by atoms with Gasteiger partial charge in [-0.05, 0) is 13.0 Å². The summed E-state index contributed by atoms with van der Waals surface area (Å²) in [6, 6.07) is 3.36. The van der Waals surface area contributed by atoms with E-state index in [0.29, 0.717) is 0 Å². The van der Waals surface area contributed by atoms with Gasteiger partial charge in [0.1, 0.15) is 24.2 Å². The number of carbonyl (C=O) groups is 2. The molecular weight excluding hydrogens is 279 g/mol. The van der Waals surface area contributed by atoms with Gasteiger partial charge in [0.25, 0.3) is 5.91 Å². The fourth-order valence-electron chi connectivity index (χ4n) is 2.24. The zero-order chi connectivity index (χ0) is 15.6. The minimum absolute atomic E-state index is 0.160. The van der Waals surface area contributed by atoms with Crippen LogP contribution in [0.1, 0.15) is 28.9 Å². The van der Waals surface area contributed by atoms with Crippen molar-refractivity contribution in [3.8, 4) is 11.8 Å². The van der Waals surface area contributed by atoms with Crippen LogP contribution in [0.2, 0.25) is 0 Å². The number of hydrogen-bond acceptors (Lipinski definition) is 5. The molecule has 1 heterocycles. The molecule has 1 amide bonds. The van der Waals surface area contributed by atoms with Crippen LogP contribution in [0.3, 0.4) is 0 Å². The highest BCUT2D eigenvalue weighted by molar-refractivity contribution is 6.01. The number of carbonyl (C=O) groups excluding carboxylic acids is 2. The van der Waals surface area contributed by atoms with Crippen molar-refractivity contribution in [2.45, 2.75) is 13.0 Å². The number of benzene rings is 1. The van der Waals surface area contributed by atoms with Crippen LogP contribution in [-0.4, -0.2) is 37.0 Å². The molecule has 0 fully saturated rings. The monoisotopic (exact) mass is 292 g/mol. The van der Waals surface area contributed by atoms with Crippen molar-refractivity contribution in [2.75, 3.05) is 20.3 Å². The minimum atomic E-state index is -1.04. The number of esters is 1. The maximum atomic E-state index is 14.0. The molecule has 1 aliphatic heterocycles. The molecule has 7 heteroatoms. The molecule has 1 unspecified atom stereocenters. The predicted molar refractivity (Wildman–Crippen MR) is 69.0 cm³/mol. The Morgan fingerprint density at radius 2 is 2.24 bits per heavy atom. The molecule has 0 bridgehead atoms. The summed E-state index contributed by atoms with van der Waals surface area (Å²) in [5.41, 5.74) is -0.00435. The van der Waals surface area contributed by atoms with E-state index < -0.39 is 30.3 Å². The lowest BCUT2D eigenvalue weighted by molar-refractivity contribution is -0.144. The van der Waals surface area contributed by atoms with E-state index in [2.05, 4.69) is 0 Å². The molecular formula is C14H13FN2O4. The van der Waals surface area contributed by atoms with Gasteiger partial charge in [-0.3, -0.25) is 9.59 Å². The molecule has 110 valence electrons. The molecule has 0 aliphatic carbocycles. The lowest BCUT2D eigenvalue weighted by Crippen LogP contribution is -2.34. The number of nitriles is 1. The van der Waals surface area contributed by atoms with E-state index in [-0.39, 0.29) is 23.5 Å². The van der Waals surface area contributed by atoms with Crippen molar-refractivity contribution in [3.05, 3.63) is 29.1 Å². The first-order valence-corrected chi connectivity index (χ1v) is 6.27. The molecule has 0 aromatic heterocycles. The van der Waals surface area contributed by atoms with Crippen LogP contribution in [0.25, 0.3) is 0 Å². The standard InChI is InChI=1S/C14H13FN2O4/c1-3-21-12(18)7-17-11(6-16)9-4-8(20-2)5-10(15)13(9)14(17)19/h4-5,11H,3,7H2,1-2H3. The molecule has 0 spiro atoms. The van der Waals surface area contributed by atoms with Gasteiger partial charge in [0.2, 0.25) is 0 Å². The smallest absolute Gasteiger partial charge is 0.325 e. The Morgan fingerprint density at radius 3 is 2.81 bits per heavy atom. The van der Waals surface area contributed by atoms with Gasteiger partial charge in [0.15, 0.2) is 0 Å². The summed E-state index contributed by atoms with van der Waals surface area (Å²) in [6.45, 7) is 1.39. The van der Waals surface area contributed by atoms with E-state index in [0.717, 1.165) is 11.0 Å². The summed E-state index contributed by atoms with van der Waals surface area (Å²) in [4.78, 5) is 24.7. The number of nitrogens with zero attached hydrogens (tertiary/aromatic N) is 2. The van der Waals surface area contributed by atoms with Gasteiger partial charge in [0, 0.05) is 11.6 Å². The number of ether oxygens (including phenoxy) is 2. The van der Waals surface area contributed by atoms with E-state index in [4.69, 9.17) is 9.47 Å². The van der Waals surface area contributed by atoms with Crippen LogP contribution in [0, 0.1) is 17.1 Å². The largest absolute Gasteiger partial charge is 0.497 e. The molecule has 1 aliphatic rings. The molecule has 6 nitrogen and oxygen atoms in total. The fourth-order valence-corrected chi connectivity index (χ4v) is 2.24. The highest BCUT2D eigenvalue weighted by Crippen LogP contribution is 2.37. The van der Waals surface area contributed by atoms with Crippen molar-refractivity contribution in [1.82, 2.24) is 4.90 Å². The molecule has 2 rings (SSSR count). The Morgan fingerprint density at radius 1 is 1.52 bits per heavy atom. The van der Waals surface area contributed by atoms with Crippen LogP contribution < -0.4 is 4.74 Å². The summed E-state index contributed by atoms with van der Waals surface area (Å²) in [7, 11) is 1.36. The van der Waals surface area contributed by atoms with E-state index >= 15 is 0 Å². The average molecular weight is 292 g/mol. The van der Waals surface area contributed by atoms with Crippen LogP contribution in [0.4, 0.5) is 4.39 Å². The Balaban J connectivity index is 2.41. The summed E-state index contributed by atoms with van der Waals surface area (Å²) in [5, 5.41) is 9.24. The third-order valence-corrected chi connectivity index (χ3v) is 3.14. The normalized spacial score (nSPS) is 16.4. The molecule has 1 atom stereocenters. The van der Waals surface area contributed by atoms with Crippen LogP contribution >= 0.6 is 0 Å². The average Bonchev–Trinajstić information content (AvgIpc) is 2.71. The van der Waals surface area contributed by atoms with Gasteiger partial charge in [-0.1, -0.05) is 0 Å². The summed E-state index contributed by atoms with van der Waals surface area (Å²) < 4.78 is 23.7. The van der Waals surface area contributed by atoms with Crippen LogP contribution in [-0.2, 0) is 9.53 Å². The first-order valence-electron chi connectivity index (χ1n) is 6.27. The van der Waals surface area contributed by atoms with Crippen molar-refractivity contribution < 1.29 is 23.5 Å². The minimum Gasteiger partial charge on any atom is -0.497 e. The van der Waals surface area contributed by atoms with Crippen molar-refractivity contribution in [1.29, 1.82) is 5.26 Å². The van der Waals surface area contributed by atoms with Gasteiger partial charge in [-0.15, -0.1) is 0 Å². The van der Waals surface area contributed by atoms with Crippen molar-refractivity contribution in [3.63, 3.8) is 0 Å². The van der Waals surface area contributed by atoms with Gasteiger partial charge in [0.05, 0.1) is 25.3 Å². The highest BCUT2D eigenvalue weighted by Gasteiger charge is 2.40. The van der Waals surface area contributed by atoms with Crippen LogP contribution in [0.15, 0.2) is 12.1 Å². The number of amides is 1. The predicted octanol–water partition coefficient (Wildman–Crippen LogP) is 1.42. The number of methoxy groups -OCH3 is 1. The Labute approximate surface area is 120 Å². The van der Waals surface area contributed by atoms with E-state index in [1.165, 1.54) is 13.2 Å². The number of fused-ring (bicyclic) bond motifs is 1. The van der Waals surface area contributed by atoms with Gasteiger partial charge in [-0.25, -0.2) is 4.39 Å². The van der Waals surface area contributed by atoms with Crippen molar-refractivity contribution >= 4 is 11.9 Å². The first kappa shape index (κ1) is 14.8. The molecule has 0 N–H and O–H groups in total. The highest BCUT2D eigenvalue weighted by atomic mass is 19.1. The lowest BCUT2D eigenvalue weighted by atomic mass is 10.0.